The lowest BCUT2D eigenvalue weighted by Crippen LogP contribution is -2.08. The van der Waals surface area contributed by atoms with Crippen molar-refractivity contribution in [2.75, 3.05) is 11.6 Å². The van der Waals surface area contributed by atoms with Crippen molar-refractivity contribution in [1.29, 1.82) is 0 Å². The number of benzene rings is 2. The summed E-state index contributed by atoms with van der Waals surface area (Å²) in [6.07, 6.45) is 4.23. The zero-order valence-corrected chi connectivity index (χ0v) is 17.6. The molecule has 0 fully saturated rings. The number of thiazole rings is 1. The zero-order chi connectivity index (χ0) is 20.9. The molecular formula is C21H20N2O4S2. The SMILES string of the molecule is Cc1nc(COc2cccc(/C=C/C(=O)Nc3ccc(S(C)(=O)=O)cc3)c2)cs1. The van der Waals surface area contributed by atoms with E-state index >= 15 is 0 Å². The highest BCUT2D eigenvalue weighted by Gasteiger charge is 2.07. The third-order valence-corrected chi connectivity index (χ3v) is 5.84. The number of anilines is 1. The van der Waals surface area contributed by atoms with Gasteiger partial charge in [-0.15, -0.1) is 11.3 Å². The second-order valence-electron chi connectivity index (χ2n) is 6.34. The van der Waals surface area contributed by atoms with Gasteiger partial charge >= 0.3 is 0 Å². The van der Waals surface area contributed by atoms with Crippen LogP contribution in [0.25, 0.3) is 6.08 Å². The monoisotopic (exact) mass is 428 g/mol. The van der Waals surface area contributed by atoms with E-state index in [1.165, 1.54) is 18.2 Å². The smallest absolute Gasteiger partial charge is 0.248 e. The number of carbonyl (C=O) groups excluding carboxylic acids is 1. The molecule has 0 unspecified atom stereocenters. The second kappa shape index (κ2) is 9.02. The molecule has 0 aliphatic heterocycles. The molecule has 6 nitrogen and oxygen atoms in total. The number of nitrogens with one attached hydrogen (secondary N) is 1. The number of hydrogen-bond acceptors (Lipinski definition) is 6. The summed E-state index contributed by atoms with van der Waals surface area (Å²) in [5.41, 5.74) is 2.22. The predicted molar refractivity (Wildman–Crippen MR) is 115 cm³/mol. The summed E-state index contributed by atoms with van der Waals surface area (Å²) in [5, 5.41) is 5.66. The molecule has 3 rings (SSSR count). The molecule has 0 saturated carbocycles. The van der Waals surface area contributed by atoms with Crippen LogP contribution in [0.2, 0.25) is 0 Å². The number of nitrogens with zero attached hydrogens (tertiary/aromatic N) is 1. The van der Waals surface area contributed by atoms with E-state index in [1.807, 2.05) is 36.6 Å². The topological polar surface area (TPSA) is 85.4 Å². The molecule has 0 saturated heterocycles. The second-order valence-corrected chi connectivity index (χ2v) is 9.42. The molecule has 1 heterocycles. The minimum absolute atomic E-state index is 0.204. The molecule has 0 atom stereocenters. The minimum atomic E-state index is -3.26. The van der Waals surface area contributed by atoms with Gasteiger partial charge in [-0.2, -0.15) is 0 Å². The van der Waals surface area contributed by atoms with Gasteiger partial charge in [0, 0.05) is 23.4 Å². The Labute approximate surface area is 173 Å². The van der Waals surface area contributed by atoms with Crippen LogP contribution >= 0.6 is 11.3 Å². The van der Waals surface area contributed by atoms with Gasteiger partial charge in [0.25, 0.3) is 0 Å². The van der Waals surface area contributed by atoms with Gasteiger partial charge in [-0.05, 0) is 55.0 Å². The highest BCUT2D eigenvalue weighted by Crippen LogP contribution is 2.18. The lowest BCUT2D eigenvalue weighted by molar-refractivity contribution is -0.111. The van der Waals surface area contributed by atoms with Gasteiger partial charge in [-0.1, -0.05) is 12.1 Å². The first-order valence-corrected chi connectivity index (χ1v) is 11.5. The molecule has 1 N–H and O–H groups in total. The molecule has 0 spiro atoms. The Bertz CT molecular complexity index is 1130. The Morgan fingerprint density at radius 1 is 1.21 bits per heavy atom. The van der Waals surface area contributed by atoms with Crippen molar-refractivity contribution in [3.63, 3.8) is 0 Å². The van der Waals surface area contributed by atoms with Crippen LogP contribution in [-0.2, 0) is 21.2 Å². The lowest BCUT2D eigenvalue weighted by Gasteiger charge is -2.05. The lowest BCUT2D eigenvalue weighted by atomic mass is 10.2. The van der Waals surface area contributed by atoms with Crippen LogP contribution in [0.1, 0.15) is 16.3 Å². The van der Waals surface area contributed by atoms with Gasteiger partial charge in [0.05, 0.1) is 15.6 Å². The van der Waals surface area contributed by atoms with Crippen LogP contribution in [0, 0.1) is 6.92 Å². The zero-order valence-electron chi connectivity index (χ0n) is 16.0. The van der Waals surface area contributed by atoms with Crippen molar-refractivity contribution >= 4 is 38.8 Å². The molecule has 2 aromatic carbocycles. The molecule has 0 bridgehead atoms. The Kier molecular flexibility index (Phi) is 6.46. The summed E-state index contributed by atoms with van der Waals surface area (Å²) in [6, 6.07) is 13.4. The number of amides is 1. The quantitative estimate of drug-likeness (QED) is 0.573. The number of aryl methyl sites for hydroxylation is 1. The molecule has 0 aliphatic rings. The minimum Gasteiger partial charge on any atom is -0.487 e. The maximum atomic E-state index is 12.1. The summed E-state index contributed by atoms with van der Waals surface area (Å²) in [5.74, 6) is 0.371. The average Bonchev–Trinajstić information content (AvgIpc) is 3.10. The predicted octanol–water partition coefficient (Wildman–Crippen LogP) is 4.09. The van der Waals surface area contributed by atoms with E-state index in [-0.39, 0.29) is 10.8 Å². The largest absolute Gasteiger partial charge is 0.487 e. The first-order chi connectivity index (χ1) is 13.8. The van der Waals surface area contributed by atoms with Crippen LogP contribution in [0.4, 0.5) is 5.69 Å². The van der Waals surface area contributed by atoms with Crippen molar-refractivity contribution in [2.24, 2.45) is 0 Å². The van der Waals surface area contributed by atoms with E-state index in [0.717, 1.165) is 22.5 Å². The molecule has 0 aliphatic carbocycles. The fourth-order valence-corrected chi connectivity index (χ4v) is 3.71. The molecule has 1 aromatic heterocycles. The normalized spacial score (nSPS) is 11.5. The first-order valence-electron chi connectivity index (χ1n) is 8.73. The van der Waals surface area contributed by atoms with E-state index in [0.29, 0.717) is 18.0 Å². The Hall–Kier alpha value is -2.97. The number of hydrogen-bond donors (Lipinski definition) is 1. The maximum Gasteiger partial charge on any atom is 0.248 e. The third kappa shape index (κ3) is 6.27. The van der Waals surface area contributed by atoms with Crippen molar-refractivity contribution in [1.82, 2.24) is 4.98 Å². The summed E-state index contributed by atoms with van der Waals surface area (Å²) in [6.45, 7) is 2.34. The molecule has 0 radical (unpaired) electrons. The van der Waals surface area contributed by atoms with Crippen LogP contribution < -0.4 is 10.1 Å². The van der Waals surface area contributed by atoms with E-state index in [2.05, 4.69) is 10.3 Å². The third-order valence-electron chi connectivity index (χ3n) is 3.89. The highest BCUT2D eigenvalue weighted by atomic mass is 32.2. The van der Waals surface area contributed by atoms with Gasteiger partial charge in [-0.25, -0.2) is 13.4 Å². The average molecular weight is 429 g/mol. The van der Waals surface area contributed by atoms with Crippen LogP contribution in [0.5, 0.6) is 5.75 Å². The fourth-order valence-electron chi connectivity index (χ4n) is 2.48. The number of ether oxygens (including phenoxy) is 1. The maximum absolute atomic E-state index is 12.1. The van der Waals surface area contributed by atoms with Crippen molar-refractivity contribution < 1.29 is 17.9 Å². The van der Waals surface area contributed by atoms with Gasteiger partial charge in [0.1, 0.15) is 12.4 Å². The van der Waals surface area contributed by atoms with E-state index < -0.39 is 9.84 Å². The van der Waals surface area contributed by atoms with Crippen LogP contribution in [-0.4, -0.2) is 25.6 Å². The summed E-state index contributed by atoms with van der Waals surface area (Å²) >= 11 is 1.58. The fraction of sp³-hybridized carbons (Fsp3) is 0.143. The Morgan fingerprint density at radius 2 is 1.97 bits per heavy atom. The van der Waals surface area contributed by atoms with Gasteiger partial charge in [0.2, 0.25) is 5.91 Å². The van der Waals surface area contributed by atoms with E-state index in [1.54, 1.807) is 29.5 Å². The molecule has 29 heavy (non-hydrogen) atoms. The van der Waals surface area contributed by atoms with Gasteiger partial charge in [-0.3, -0.25) is 4.79 Å². The van der Waals surface area contributed by atoms with E-state index in [4.69, 9.17) is 4.74 Å². The van der Waals surface area contributed by atoms with E-state index in [9.17, 15) is 13.2 Å². The van der Waals surface area contributed by atoms with Crippen LogP contribution in [0.3, 0.4) is 0 Å². The Morgan fingerprint density at radius 3 is 2.62 bits per heavy atom. The van der Waals surface area contributed by atoms with Crippen LogP contribution in [0.15, 0.2) is 64.9 Å². The van der Waals surface area contributed by atoms with Gasteiger partial charge in [0.15, 0.2) is 9.84 Å². The summed E-state index contributed by atoms with van der Waals surface area (Å²) in [7, 11) is -3.26. The van der Waals surface area contributed by atoms with Crippen molar-refractivity contribution in [3.8, 4) is 5.75 Å². The number of rotatable bonds is 7. The first kappa shape index (κ1) is 20.8. The Balaban J connectivity index is 1.58. The van der Waals surface area contributed by atoms with Gasteiger partial charge < -0.3 is 10.1 Å². The summed E-state index contributed by atoms with van der Waals surface area (Å²) < 4.78 is 28.7. The molecule has 3 aromatic rings. The molecule has 8 heteroatoms. The standard InChI is InChI=1S/C21H20N2O4S2/c1-15-22-18(14-28-15)13-27-19-5-3-4-16(12-19)6-11-21(24)23-17-7-9-20(10-8-17)29(2,25)26/h3-12,14H,13H2,1-2H3,(H,23,24)/b11-6+. The van der Waals surface area contributed by atoms with Crippen molar-refractivity contribution in [2.45, 2.75) is 18.4 Å². The number of aromatic nitrogens is 1. The molecule has 150 valence electrons. The highest BCUT2D eigenvalue weighted by molar-refractivity contribution is 7.90. The number of carbonyl (C=O) groups is 1. The molecular weight excluding hydrogens is 408 g/mol. The summed E-state index contributed by atoms with van der Waals surface area (Å²) in [4.78, 5) is 16.7. The number of sulfone groups is 1. The van der Waals surface area contributed by atoms with Crippen molar-refractivity contribution in [3.05, 3.63) is 76.3 Å². The molecule has 1 amide bonds.